The highest BCUT2D eigenvalue weighted by Crippen LogP contribution is 2.30. The number of alkyl halides is 2. The van der Waals surface area contributed by atoms with E-state index in [1.807, 2.05) is 0 Å². The van der Waals surface area contributed by atoms with Crippen LogP contribution in [0.25, 0.3) is 4.91 Å². The number of carbonyl (C=O) groups is 2. The summed E-state index contributed by atoms with van der Waals surface area (Å²) in [6.07, 6.45) is 2.02. The highest BCUT2D eigenvalue weighted by Gasteiger charge is 2.33. The van der Waals surface area contributed by atoms with Crippen molar-refractivity contribution in [3.8, 4) is 0 Å². The summed E-state index contributed by atoms with van der Waals surface area (Å²) >= 11 is 10.9. The number of ether oxygens (including phenoxy) is 1. The van der Waals surface area contributed by atoms with E-state index in [9.17, 15) is 18.0 Å². The van der Waals surface area contributed by atoms with Gasteiger partial charge in [0.2, 0.25) is 0 Å². The van der Waals surface area contributed by atoms with Crippen LogP contribution in [-0.2, 0) is 19.4 Å². The highest BCUT2D eigenvalue weighted by molar-refractivity contribution is 8.00. The molecule has 0 spiro atoms. The zero-order chi connectivity index (χ0) is 19.6. The van der Waals surface area contributed by atoms with E-state index in [1.165, 1.54) is 4.90 Å². The fourth-order valence-corrected chi connectivity index (χ4v) is 4.76. The lowest BCUT2D eigenvalue weighted by Crippen LogP contribution is -2.37. The normalized spacial score (nSPS) is 21.7. The van der Waals surface area contributed by atoms with Gasteiger partial charge in [-0.15, -0.1) is 0 Å². The molecule has 1 aromatic rings. The molecule has 1 aromatic carbocycles. The van der Waals surface area contributed by atoms with Gasteiger partial charge in [-0.2, -0.15) is 0 Å². The third-order valence-corrected chi connectivity index (χ3v) is 6.62. The molecule has 0 aliphatic carbocycles. The molecule has 1 fully saturated rings. The molecule has 3 rings (SSSR count). The Morgan fingerprint density at radius 1 is 1.30 bits per heavy atom. The molecule has 1 N–H and O–H groups in total. The Morgan fingerprint density at radius 2 is 2.00 bits per heavy atom. The summed E-state index contributed by atoms with van der Waals surface area (Å²) in [6.45, 7) is 0.342. The van der Waals surface area contributed by atoms with Gasteiger partial charge in [0, 0.05) is 5.69 Å². The van der Waals surface area contributed by atoms with Crippen molar-refractivity contribution >= 4 is 55.6 Å². The van der Waals surface area contributed by atoms with Gasteiger partial charge < -0.3 is 10.1 Å². The molecule has 10 heteroatoms. The summed E-state index contributed by atoms with van der Waals surface area (Å²) in [5, 5.41) is 2.50. The van der Waals surface area contributed by atoms with Gasteiger partial charge in [0.1, 0.15) is 6.10 Å². The number of anilines is 1. The van der Waals surface area contributed by atoms with E-state index in [0.717, 1.165) is 6.42 Å². The molecule has 2 heterocycles. The summed E-state index contributed by atoms with van der Waals surface area (Å²) in [6, 6.07) is 6.71. The van der Waals surface area contributed by atoms with Crippen LogP contribution in [0.15, 0.2) is 30.3 Å². The maximum absolute atomic E-state index is 12.2. The molecule has 146 valence electrons. The summed E-state index contributed by atoms with van der Waals surface area (Å²) in [5.41, 5.74) is 1.18. The predicted octanol–water partition coefficient (Wildman–Crippen LogP) is 2.48. The molecule has 0 unspecified atom stereocenters. The van der Waals surface area contributed by atoms with E-state index in [-0.39, 0.29) is 18.8 Å². The molecule has 1 saturated heterocycles. The van der Waals surface area contributed by atoms with Crippen LogP contribution in [0.1, 0.15) is 18.4 Å². The zero-order valence-electron chi connectivity index (χ0n) is 14.2. The van der Waals surface area contributed by atoms with Crippen molar-refractivity contribution in [2.24, 2.45) is 0 Å². The van der Waals surface area contributed by atoms with Crippen molar-refractivity contribution in [2.75, 3.05) is 23.7 Å². The first-order chi connectivity index (χ1) is 12.8. The van der Waals surface area contributed by atoms with Gasteiger partial charge in [0.25, 0.3) is 5.91 Å². The van der Waals surface area contributed by atoms with Gasteiger partial charge in [-0.25, -0.2) is 13.2 Å². The molecular formula is C17H18Cl2N2O5S. The summed E-state index contributed by atoms with van der Waals surface area (Å²) in [7, 11) is -3.26. The number of sulfone groups is 1. The van der Waals surface area contributed by atoms with Gasteiger partial charge in [0.05, 0.1) is 23.7 Å². The molecule has 0 saturated carbocycles. The minimum absolute atomic E-state index is 0.0974. The average molecular weight is 433 g/mol. The molecule has 0 radical (unpaired) electrons. The molecular weight excluding hydrogens is 415 g/mol. The second-order valence-corrected chi connectivity index (χ2v) is 9.41. The summed E-state index contributed by atoms with van der Waals surface area (Å²) in [5.74, 6) is -0.406. The fraction of sp³-hybridized carbons (Fsp3) is 0.412. The largest absolute Gasteiger partial charge is 0.442 e. The van der Waals surface area contributed by atoms with Crippen LogP contribution in [0.4, 0.5) is 10.5 Å². The number of hydrogen-bond donors (Lipinski definition) is 1. The monoisotopic (exact) mass is 432 g/mol. The van der Waals surface area contributed by atoms with Crippen molar-refractivity contribution in [3.05, 3.63) is 35.9 Å². The number of hydrogen-bond acceptors (Lipinski definition) is 5. The molecule has 2 aliphatic heterocycles. The van der Waals surface area contributed by atoms with E-state index in [4.69, 9.17) is 27.9 Å². The maximum atomic E-state index is 12.2. The topological polar surface area (TPSA) is 92.8 Å². The van der Waals surface area contributed by atoms with E-state index in [1.54, 1.807) is 30.3 Å². The lowest BCUT2D eigenvalue weighted by Gasteiger charge is -2.16. The Morgan fingerprint density at radius 3 is 2.63 bits per heavy atom. The van der Waals surface area contributed by atoms with Crippen LogP contribution in [0.2, 0.25) is 0 Å². The van der Waals surface area contributed by atoms with E-state index >= 15 is 0 Å². The maximum Gasteiger partial charge on any atom is 0.414 e. The van der Waals surface area contributed by atoms with Crippen LogP contribution < -0.4 is 10.2 Å². The minimum Gasteiger partial charge on any atom is -0.442 e. The Balaban J connectivity index is 1.68. The lowest BCUT2D eigenvalue weighted by molar-refractivity contribution is -0.119. The van der Waals surface area contributed by atoms with Gasteiger partial charge in [-0.1, -0.05) is 41.4 Å². The number of rotatable bonds is 5. The number of allylic oxidation sites excluding steroid dienone is 1. The third kappa shape index (κ3) is 4.56. The van der Waals surface area contributed by atoms with E-state index < -0.39 is 32.8 Å². The average Bonchev–Trinajstić information content (AvgIpc) is 3.00. The van der Waals surface area contributed by atoms with E-state index in [2.05, 4.69) is 5.32 Å². The van der Waals surface area contributed by atoms with Crippen LogP contribution in [0.3, 0.4) is 0 Å². The molecule has 2 aliphatic rings. The predicted molar refractivity (Wildman–Crippen MR) is 104 cm³/mol. The molecule has 0 bridgehead atoms. The van der Waals surface area contributed by atoms with Crippen LogP contribution in [0, 0.1) is 0 Å². The van der Waals surface area contributed by atoms with Gasteiger partial charge in [-0.05, 0) is 30.5 Å². The van der Waals surface area contributed by atoms with Crippen LogP contribution in [-0.4, -0.2) is 50.2 Å². The SMILES string of the molecule is O=C(NC[C@H]1CN(c2ccc(C3=CCCCS3(=O)=O)cc2)C(=O)O1)C(Cl)Cl. The number of benzene rings is 1. The molecule has 0 aromatic heterocycles. The van der Waals surface area contributed by atoms with Crippen molar-refractivity contribution in [1.82, 2.24) is 5.32 Å². The fourth-order valence-electron chi connectivity index (χ4n) is 2.98. The smallest absolute Gasteiger partial charge is 0.414 e. The number of carbonyl (C=O) groups excluding carboxylic acids is 2. The first-order valence-electron chi connectivity index (χ1n) is 8.35. The van der Waals surface area contributed by atoms with Crippen LogP contribution >= 0.6 is 23.2 Å². The quantitative estimate of drug-likeness (QED) is 0.721. The van der Waals surface area contributed by atoms with Gasteiger partial charge in [0.15, 0.2) is 14.7 Å². The Bertz CT molecular complexity index is 868. The number of nitrogens with zero attached hydrogens (tertiary/aromatic N) is 1. The second-order valence-electron chi connectivity index (χ2n) is 6.24. The number of nitrogens with one attached hydrogen (secondary N) is 1. The van der Waals surface area contributed by atoms with Crippen molar-refractivity contribution in [1.29, 1.82) is 0 Å². The summed E-state index contributed by atoms with van der Waals surface area (Å²) < 4.78 is 29.6. The minimum atomic E-state index is -3.26. The van der Waals surface area contributed by atoms with E-state index in [0.29, 0.717) is 22.6 Å². The Labute approximate surface area is 167 Å². The first-order valence-corrected chi connectivity index (χ1v) is 10.9. The van der Waals surface area contributed by atoms with Crippen LogP contribution in [0.5, 0.6) is 0 Å². The highest BCUT2D eigenvalue weighted by atomic mass is 35.5. The summed E-state index contributed by atoms with van der Waals surface area (Å²) in [4.78, 5) is 24.0. The van der Waals surface area contributed by atoms with Gasteiger partial charge >= 0.3 is 6.09 Å². The number of cyclic esters (lactones) is 1. The first kappa shape index (κ1) is 20.0. The van der Waals surface area contributed by atoms with Gasteiger partial charge in [-0.3, -0.25) is 9.69 Å². The number of halogens is 2. The Hall–Kier alpha value is -1.77. The third-order valence-electron chi connectivity index (χ3n) is 4.32. The molecule has 1 atom stereocenters. The molecule has 27 heavy (non-hydrogen) atoms. The number of amides is 2. The van der Waals surface area contributed by atoms with Crippen molar-refractivity contribution < 1.29 is 22.7 Å². The second kappa shape index (κ2) is 8.08. The Kier molecular flexibility index (Phi) is 5.98. The lowest BCUT2D eigenvalue weighted by atomic mass is 10.1. The van der Waals surface area contributed by atoms with Crippen molar-refractivity contribution in [3.63, 3.8) is 0 Å². The standard InChI is InChI=1S/C17H18Cl2N2O5S/c18-15(19)16(22)20-9-13-10-21(17(23)26-13)12-6-4-11(5-7-12)14-3-1-2-8-27(14,24)25/h3-7,13,15H,1-2,8-10H2,(H,20,22)/t13-/m0/s1. The van der Waals surface area contributed by atoms with Crippen molar-refractivity contribution in [2.45, 2.75) is 23.8 Å². The molecule has 7 nitrogen and oxygen atoms in total. The zero-order valence-corrected chi connectivity index (χ0v) is 16.6. The molecule has 2 amide bonds.